The van der Waals surface area contributed by atoms with E-state index in [2.05, 4.69) is 14.9 Å². The number of hydrogen-bond acceptors (Lipinski definition) is 5. The summed E-state index contributed by atoms with van der Waals surface area (Å²) < 4.78 is 35.3. The second kappa shape index (κ2) is 6.44. The van der Waals surface area contributed by atoms with E-state index in [0.29, 0.717) is 22.3 Å². The molecule has 0 radical (unpaired) electrons. The Kier molecular flexibility index (Phi) is 4.24. The largest absolute Gasteiger partial charge is 0.495 e. The van der Waals surface area contributed by atoms with Gasteiger partial charge in [0.1, 0.15) is 16.5 Å². The van der Waals surface area contributed by atoms with Crippen molar-refractivity contribution in [2.24, 2.45) is 0 Å². The van der Waals surface area contributed by atoms with Gasteiger partial charge in [0.25, 0.3) is 10.0 Å². The third kappa shape index (κ3) is 2.89. The van der Waals surface area contributed by atoms with Crippen LogP contribution in [0.5, 0.6) is 5.75 Å². The fourth-order valence-electron chi connectivity index (χ4n) is 3.02. The number of aromatic nitrogens is 3. The standard InChI is InChI=1S/C17H17ClN4O3S/c1-25-14-8-7-12(18)10-15(14)26(23,24)21-13-6-3-9-22-16(11-4-2-5-11)19-20-17(13)22/h3,6-11,21H,2,4-5H2,1H3. The first kappa shape index (κ1) is 17.1. The summed E-state index contributed by atoms with van der Waals surface area (Å²) in [6, 6.07) is 7.87. The van der Waals surface area contributed by atoms with Gasteiger partial charge in [-0.1, -0.05) is 18.0 Å². The minimum absolute atomic E-state index is 0.0340. The third-order valence-corrected chi connectivity index (χ3v) is 6.21. The van der Waals surface area contributed by atoms with E-state index in [4.69, 9.17) is 16.3 Å². The number of sulfonamides is 1. The number of methoxy groups -OCH3 is 1. The molecule has 136 valence electrons. The van der Waals surface area contributed by atoms with E-state index >= 15 is 0 Å². The predicted octanol–water partition coefficient (Wildman–Crippen LogP) is 3.46. The molecule has 0 saturated heterocycles. The number of pyridine rings is 1. The molecule has 2 aromatic heterocycles. The third-order valence-electron chi connectivity index (χ3n) is 4.59. The summed E-state index contributed by atoms with van der Waals surface area (Å²) in [7, 11) is -2.50. The van der Waals surface area contributed by atoms with Crippen molar-refractivity contribution in [2.45, 2.75) is 30.1 Å². The van der Waals surface area contributed by atoms with Crippen LogP contribution in [0.1, 0.15) is 31.0 Å². The highest BCUT2D eigenvalue weighted by Gasteiger charge is 2.26. The fourth-order valence-corrected chi connectivity index (χ4v) is 4.51. The minimum atomic E-state index is -3.91. The summed E-state index contributed by atoms with van der Waals surface area (Å²) in [5, 5.41) is 8.75. The molecule has 0 unspecified atom stereocenters. The van der Waals surface area contributed by atoms with Crippen LogP contribution in [0.2, 0.25) is 5.02 Å². The number of ether oxygens (including phenoxy) is 1. The van der Waals surface area contributed by atoms with Gasteiger partial charge in [0.15, 0.2) is 5.65 Å². The molecule has 1 aliphatic rings. The van der Waals surface area contributed by atoms with Gasteiger partial charge in [0.05, 0.1) is 12.8 Å². The Labute approximate surface area is 156 Å². The molecular formula is C17H17ClN4O3S. The molecule has 9 heteroatoms. The number of benzene rings is 1. The molecule has 0 atom stereocenters. The van der Waals surface area contributed by atoms with E-state index in [9.17, 15) is 8.42 Å². The summed E-state index contributed by atoms with van der Waals surface area (Å²) in [4.78, 5) is -0.0340. The maximum absolute atomic E-state index is 12.9. The lowest BCUT2D eigenvalue weighted by Crippen LogP contribution is -2.15. The van der Waals surface area contributed by atoms with Gasteiger partial charge in [-0.15, -0.1) is 10.2 Å². The SMILES string of the molecule is COc1ccc(Cl)cc1S(=O)(=O)Nc1cccn2c(C3CCC3)nnc12. The Morgan fingerprint density at radius 3 is 2.77 bits per heavy atom. The van der Waals surface area contributed by atoms with Crippen molar-refractivity contribution in [3.63, 3.8) is 0 Å². The van der Waals surface area contributed by atoms with Crippen molar-refractivity contribution in [2.75, 3.05) is 11.8 Å². The minimum Gasteiger partial charge on any atom is -0.495 e. The quantitative estimate of drug-likeness (QED) is 0.718. The second-order valence-corrected chi connectivity index (χ2v) is 8.29. The van der Waals surface area contributed by atoms with E-state index < -0.39 is 10.0 Å². The van der Waals surface area contributed by atoms with Crippen molar-refractivity contribution in [3.05, 3.63) is 47.4 Å². The molecule has 1 aromatic carbocycles. The summed E-state index contributed by atoms with van der Waals surface area (Å²) in [5.41, 5.74) is 0.826. The van der Waals surface area contributed by atoms with Crippen LogP contribution in [0.15, 0.2) is 41.4 Å². The van der Waals surface area contributed by atoms with Crippen molar-refractivity contribution < 1.29 is 13.2 Å². The first-order chi connectivity index (χ1) is 12.5. The van der Waals surface area contributed by atoms with Gasteiger partial charge in [0, 0.05) is 17.1 Å². The van der Waals surface area contributed by atoms with Gasteiger partial charge in [-0.2, -0.15) is 0 Å². The summed E-state index contributed by atoms with van der Waals surface area (Å²) in [6.07, 6.45) is 5.19. The average molecular weight is 393 g/mol. The number of hydrogen-bond donors (Lipinski definition) is 1. The lowest BCUT2D eigenvalue weighted by Gasteiger charge is -2.23. The van der Waals surface area contributed by atoms with Crippen molar-refractivity contribution in [3.8, 4) is 5.75 Å². The lowest BCUT2D eigenvalue weighted by molar-refractivity contribution is 0.399. The summed E-state index contributed by atoms with van der Waals surface area (Å²) in [6.45, 7) is 0. The Morgan fingerprint density at radius 1 is 1.27 bits per heavy atom. The van der Waals surface area contributed by atoms with Gasteiger partial charge < -0.3 is 4.74 Å². The highest BCUT2D eigenvalue weighted by Crippen LogP contribution is 2.36. The zero-order valence-corrected chi connectivity index (χ0v) is 15.6. The van der Waals surface area contributed by atoms with Crippen LogP contribution in [0.4, 0.5) is 5.69 Å². The van der Waals surface area contributed by atoms with Gasteiger partial charge in [-0.05, 0) is 43.2 Å². The molecule has 0 amide bonds. The highest BCUT2D eigenvalue weighted by atomic mass is 35.5. The molecule has 2 heterocycles. The normalized spacial score (nSPS) is 15.0. The van der Waals surface area contributed by atoms with Crippen LogP contribution in [-0.4, -0.2) is 30.1 Å². The molecule has 1 aliphatic carbocycles. The summed E-state index contributed by atoms with van der Waals surface area (Å²) >= 11 is 5.96. The monoisotopic (exact) mass is 392 g/mol. The fraction of sp³-hybridized carbons (Fsp3) is 0.294. The maximum atomic E-state index is 12.9. The van der Waals surface area contributed by atoms with Crippen LogP contribution < -0.4 is 9.46 Å². The Hall–Kier alpha value is -2.32. The van der Waals surface area contributed by atoms with Gasteiger partial charge in [-0.25, -0.2) is 8.42 Å². The number of halogens is 1. The zero-order valence-electron chi connectivity index (χ0n) is 14.0. The molecule has 1 saturated carbocycles. The molecule has 3 aromatic rings. The molecule has 7 nitrogen and oxygen atoms in total. The van der Waals surface area contributed by atoms with E-state index in [-0.39, 0.29) is 10.6 Å². The number of nitrogens with zero attached hydrogens (tertiary/aromatic N) is 3. The molecule has 1 N–H and O–H groups in total. The Balaban J connectivity index is 1.75. The van der Waals surface area contributed by atoms with Crippen LogP contribution >= 0.6 is 11.6 Å². The average Bonchev–Trinajstić information content (AvgIpc) is 2.98. The maximum Gasteiger partial charge on any atom is 0.265 e. The van der Waals surface area contributed by atoms with E-state index in [1.54, 1.807) is 18.2 Å². The summed E-state index contributed by atoms with van der Waals surface area (Å²) in [5.74, 6) is 1.46. The topological polar surface area (TPSA) is 85.6 Å². The molecule has 0 bridgehead atoms. The number of rotatable bonds is 5. The molecule has 1 fully saturated rings. The van der Waals surface area contributed by atoms with Crippen molar-refractivity contribution >= 4 is 33.0 Å². The van der Waals surface area contributed by atoms with Crippen LogP contribution in [0.3, 0.4) is 0 Å². The van der Waals surface area contributed by atoms with Gasteiger partial charge >= 0.3 is 0 Å². The second-order valence-electron chi connectivity index (χ2n) is 6.20. The van der Waals surface area contributed by atoms with E-state index in [1.807, 2.05) is 10.6 Å². The smallest absolute Gasteiger partial charge is 0.265 e. The Bertz CT molecular complexity index is 1080. The molecule has 26 heavy (non-hydrogen) atoms. The molecular weight excluding hydrogens is 376 g/mol. The molecule has 0 aliphatic heterocycles. The van der Waals surface area contributed by atoms with Crippen molar-refractivity contribution in [1.29, 1.82) is 0 Å². The first-order valence-electron chi connectivity index (χ1n) is 8.19. The highest BCUT2D eigenvalue weighted by molar-refractivity contribution is 7.92. The molecule has 4 rings (SSSR count). The van der Waals surface area contributed by atoms with Gasteiger partial charge in [-0.3, -0.25) is 9.12 Å². The Morgan fingerprint density at radius 2 is 2.08 bits per heavy atom. The lowest BCUT2D eigenvalue weighted by atomic mass is 9.85. The zero-order chi connectivity index (χ0) is 18.3. The van der Waals surface area contributed by atoms with Gasteiger partial charge in [0.2, 0.25) is 0 Å². The van der Waals surface area contributed by atoms with Crippen LogP contribution in [-0.2, 0) is 10.0 Å². The number of nitrogens with one attached hydrogen (secondary N) is 1. The number of anilines is 1. The van der Waals surface area contributed by atoms with Crippen molar-refractivity contribution in [1.82, 2.24) is 14.6 Å². The van der Waals surface area contributed by atoms with E-state index in [1.165, 1.54) is 25.7 Å². The molecule has 0 spiro atoms. The van der Waals surface area contributed by atoms with E-state index in [0.717, 1.165) is 18.7 Å². The predicted molar refractivity (Wildman–Crippen MR) is 98.4 cm³/mol. The first-order valence-corrected chi connectivity index (χ1v) is 10.1. The van der Waals surface area contributed by atoms with Crippen LogP contribution in [0, 0.1) is 0 Å². The van der Waals surface area contributed by atoms with Crippen LogP contribution in [0.25, 0.3) is 5.65 Å². The number of fused-ring (bicyclic) bond motifs is 1.